The van der Waals surface area contributed by atoms with E-state index < -0.39 is 0 Å². The number of hydrazine groups is 1. The van der Waals surface area contributed by atoms with Gasteiger partial charge in [0.2, 0.25) is 0 Å². The predicted molar refractivity (Wildman–Crippen MR) is 70.4 cm³/mol. The van der Waals surface area contributed by atoms with Gasteiger partial charge in [0.1, 0.15) is 0 Å². The van der Waals surface area contributed by atoms with Gasteiger partial charge in [0.25, 0.3) is 0 Å². The van der Waals surface area contributed by atoms with Crippen molar-refractivity contribution in [1.82, 2.24) is 5.43 Å². The zero-order valence-electron chi connectivity index (χ0n) is 9.12. The Balaban J connectivity index is 1.97. The van der Waals surface area contributed by atoms with E-state index in [2.05, 4.69) is 32.8 Å². The fraction of sp³-hybridized carbons (Fsp3) is 0.636. The summed E-state index contributed by atoms with van der Waals surface area (Å²) in [5.41, 5.74) is 2.97. The summed E-state index contributed by atoms with van der Waals surface area (Å²) in [5.74, 6) is 6.30. The SMILES string of the molecule is NNC(Cc1sccc1Br)C1CCOCC1. The summed E-state index contributed by atoms with van der Waals surface area (Å²) < 4.78 is 6.58. The Morgan fingerprint density at radius 1 is 1.56 bits per heavy atom. The van der Waals surface area contributed by atoms with Crippen LogP contribution >= 0.6 is 27.3 Å². The van der Waals surface area contributed by atoms with Gasteiger partial charge in [-0.3, -0.25) is 11.3 Å². The smallest absolute Gasteiger partial charge is 0.0469 e. The van der Waals surface area contributed by atoms with E-state index >= 15 is 0 Å². The van der Waals surface area contributed by atoms with Gasteiger partial charge in [-0.1, -0.05) is 0 Å². The molecule has 90 valence electrons. The molecular weight excluding hydrogens is 288 g/mol. The molecule has 1 atom stereocenters. The van der Waals surface area contributed by atoms with Crippen molar-refractivity contribution in [2.24, 2.45) is 11.8 Å². The molecule has 0 aromatic carbocycles. The minimum absolute atomic E-state index is 0.360. The maximum absolute atomic E-state index is 5.67. The Morgan fingerprint density at radius 3 is 2.88 bits per heavy atom. The largest absolute Gasteiger partial charge is 0.381 e. The monoisotopic (exact) mass is 304 g/mol. The van der Waals surface area contributed by atoms with Crippen molar-refractivity contribution in [3.8, 4) is 0 Å². The lowest BCUT2D eigenvalue weighted by Gasteiger charge is -2.29. The van der Waals surface area contributed by atoms with E-state index in [9.17, 15) is 0 Å². The number of hydrogen-bond acceptors (Lipinski definition) is 4. The van der Waals surface area contributed by atoms with E-state index in [1.165, 1.54) is 9.35 Å². The molecule has 1 unspecified atom stereocenters. The van der Waals surface area contributed by atoms with Gasteiger partial charge in [-0.25, -0.2) is 0 Å². The van der Waals surface area contributed by atoms with E-state index in [0.717, 1.165) is 32.5 Å². The van der Waals surface area contributed by atoms with E-state index in [0.29, 0.717) is 12.0 Å². The van der Waals surface area contributed by atoms with Crippen LogP contribution in [-0.2, 0) is 11.2 Å². The average molecular weight is 305 g/mol. The van der Waals surface area contributed by atoms with Gasteiger partial charge in [-0.15, -0.1) is 11.3 Å². The minimum Gasteiger partial charge on any atom is -0.381 e. The van der Waals surface area contributed by atoms with Gasteiger partial charge in [0.05, 0.1) is 0 Å². The summed E-state index contributed by atoms with van der Waals surface area (Å²) in [6.07, 6.45) is 3.22. The standard InChI is InChI=1S/C11H17BrN2OS/c12-9-3-6-16-11(9)7-10(14-13)8-1-4-15-5-2-8/h3,6,8,10,14H,1-2,4-5,7,13H2. The van der Waals surface area contributed by atoms with Gasteiger partial charge in [-0.05, 0) is 52.6 Å². The molecular formula is C11H17BrN2OS. The minimum atomic E-state index is 0.360. The fourth-order valence-corrected chi connectivity index (χ4v) is 3.72. The number of thiophene rings is 1. The molecule has 16 heavy (non-hydrogen) atoms. The van der Waals surface area contributed by atoms with Crippen molar-refractivity contribution < 1.29 is 4.74 Å². The molecule has 1 saturated heterocycles. The van der Waals surface area contributed by atoms with Crippen molar-refractivity contribution >= 4 is 27.3 Å². The van der Waals surface area contributed by atoms with Crippen LogP contribution in [0.3, 0.4) is 0 Å². The third kappa shape index (κ3) is 3.05. The third-order valence-electron chi connectivity index (χ3n) is 3.15. The van der Waals surface area contributed by atoms with Crippen LogP contribution in [0.25, 0.3) is 0 Å². The molecule has 0 bridgehead atoms. The lowest BCUT2D eigenvalue weighted by Crippen LogP contribution is -2.44. The molecule has 1 fully saturated rings. The summed E-state index contributed by atoms with van der Waals surface area (Å²) >= 11 is 5.35. The summed E-state index contributed by atoms with van der Waals surface area (Å²) in [6, 6.07) is 2.45. The molecule has 0 spiro atoms. The Kier molecular flexibility index (Phi) is 4.79. The first-order valence-electron chi connectivity index (χ1n) is 5.57. The number of nitrogens with one attached hydrogen (secondary N) is 1. The number of halogens is 1. The first-order chi connectivity index (χ1) is 7.81. The molecule has 0 amide bonds. The van der Waals surface area contributed by atoms with Crippen LogP contribution in [0.4, 0.5) is 0 Å². The second kappa shape index (κ2) is 6.12. The van der Waals surface area contributed by atoms with Crippen LogP contribution in [-0.4, -0.2) is 19.3 Å². The quantitative estimate of drug-likeness (QED) is 0.663. The molecule has 1 aliphatic heterocycles. The van der Waals surface area contributed by atoms with Crippen molar-refractivity contribution in [2.75, 3.05) is 13.2 Å². The molecule has 1 aromatic rings. The Labute approximate surface area is 108 Å². The van der Waals surface area contributed by atoms with Crippen molar-refractivity contribution in [1.29, 1.82) is 0 Å². The molecule has 2 heterocycles. The summed E-state index contributed by atoms with van der Waals surface area (Å²) in [7, 11) is 0. The summed E-state index contributed by atoms with van der Waals surface area (Å²) in [4.78, 5) is 1.37. The first kappa shape index (κ1) is 12.5. The van der Waals surface area contributed by atoms with Crippen LogP contribution < -0.4 is 11.3 Å². The number of rotatable bonds is 4. The molecule has 3 N–H and O–H groups in total. The molecule has 1 aliphatic rings. The molecule has 5 heteroatoms. The van der Waals surface area contributed by atoms with Crippen LogP contribution in [0, 0.1) is 5.92 Å². The molecule has 0 radical (unpaired) electrons. The lowest BCUT2D eigenvalue weighted by molar-refractivity contribution is 0.0538. The molecule has 0 aliphatic carbocycles. The Morgan fingerprint density at radius 2 is 2.31 bits per heavy atom. The highest BCUT2D eigenvalue weighted by atomic mass is 79.9. The van der Waals surface area contributed by atoms with Crippen molar-refractivity contribution in [3.05, 3.63) is 20.8 Å². The first-order valence-corrected chi connectivity index (χ1v) is 7.24. The Bertz CT molecular complexity index is 326. The topological polar surface area (TPSA) is 47.3 Å². The highest BCUT2D eigenvalue weighted by Gasteiger charge is 2.24. The van der Waals surface area contributed by atoms with Crippen molar-refractivity contribution in [3.63, 3.8) is 0 Å². The van der Waals surface area contributed by atoms with E-state index in [1.807, 2.05) is 0 Å². The van der Waals surface area contributed by atoms with Crippen LogP contribution in [0.2, 0.25) is 0 Å². The molecule has 1 aromatic heterocycles. The van der Waals surface area contributed by atoms with Gasteiger partial charge in [-0.2, -0.15) is 0 Å². The van der Waals surface area contributed by atoms with Crippen LogP contribution in [0.5, 0.6) is 0 Å². The average Bonchev–Trinajstić information content (AvgIpc) is 2.73. The van der Waals surface area contributed by atoms with Gasteiger partial charge in [0, 0.05) is 28.6 Å². The fourth-order valence-electron chi connectivity index (χ4n) is 2.15. The van der Waals surface area contributed by atoms with E-state index in [-0.39, 0.29) is 0 Å². The number of ether oxygens (including phenoxy) is 1. The normalized spacial score (nSPS) is 19.9. The zero-order valence-corrected chi connectivity index (χ0v) is 11.5. The third-order valence-corrected chi connectivity index (χ3v) is 5.09. The van der Waals surface area contributed by atoms with Gasteiger partial charge < -0.3 is 4.74 Å². The van der Waals surface area contributed by atoms with Crippen molar-refractivity contribution in [2.45, 2.75) is 25.3 Å². The second-order valence-corrected chi connectivity index (χ2v) is 5.97. The van der Waals surface area contributed by atoms with Gasteiger partial charge in [0.15, 0.2) is 0 Å². The predicted octanol–water partition coefficient (Wildman–Crippen LogP) is 2.31. The van der Waals surface area contributed by atoms with Gasteiger partial charge >= 0.3 is 0 Å². The summed E-state index contributed by atoms with van der Waals surface area (Å²) in [6.45, 7) is 1.74. The van der Waals surface area contributed by atoms with E-state index in [4.69, 9.17) is 10.6 Å². The maximum Gasteiger partial charge on any atom is 0.0469 e. The molecule has 0 saturated carbocycles. The highest BCUT2D eigenvalue weighted by Crippen LogP contribution is 2.27. The van der Waals surface area contributed by atoms with Crippen LogP contribution in [0.15, 0.2) is 15.9 Å². The highest BCUT2D eigenvalue weighted by molar-refractivity contribution is 9.10. The lowest BCUT2D eigenvalue weighted by atomic mass is 9.90. The molecule has 2 rings (SSSR count). The number of hydrogen-bond donors (Lipinski definition) is 2. The molecule has 3 nitrogen and oxygen atoms in total. The number of nitrogens with two attached hydrogens (primary N) is 1. The van der Waals surface area contributed by atoms with E-state index in [1.54, 1.807) is 11.3 Å². The Hall–Kier alpha value is 0.0600. The van der Waals surface area contributed by atoms with Crippen LogP contribution in [0.1, 0.15) is 17.7 Å². The second-order valence-electron chi connectivity index (χ2n) is 4.12. The summed E-state index contributed by atoms with van der Waals surface area (Å²) in [5, 5.41) is 2.11. The maximum atomic E-state index is 5.67. The zero-order chi connectivity index (χ0) is 11.4.